The zero-order chi connectivity index (χ0) is 18.8. The summed E-state index contributed by atoms with van der Waals surface area (Å²) in [6.07, 6.45) is 4.87. The van der Waals surface area contributed by atoms with Crippen molar-refractivity contribution in [2.75, 3.05) is 37.1 Å². The molecule has 0 unspecified atom stereocenters. The van der Waals surface area contributed by atoms with E-state index in [1.807, 2.05) is 6.92 Å². The van der Waals surface area contributed by atoms with Gasteiger partial charge in [-0.15, -0.1) is 0 Å². The van der Waals surface area contributed by atoms with E-state index in [0.29, 0.717) is 25.5 Å². The number of nitrogens with one attached hydrogen (secondary N) is 2. The molecule has 1 aromatic rings. The zero-order valence-electron chi connectivity index (χ0n) is 15.2. The molecule has 144 valence electrons. The fourth-order valence-corrected chi connectivity index (χ4v) is 2.92. The van der Waals surface area contributed by atoms with Crippen LogP contribution >= 0.6 is 0 Å². The van der Waals surface area contributed by atoms with Gasteiger partial charge in [0.25, 0.3) is 0 Å². The van der Waals surface area contributed by atoms with Crippen LogP contribution in [-0.4, -0.2) is 38.2 Å². The lowest BCUT2D eigenvalue weighted by molar-refractivity contribution is -0.121. The van der Waals surface area contributed by atoms with Crippen LogP contribution in [0.4, 0.5) is 15.8 Å². The van der Waals surface area contributed by atoms with E-state index in [1.54, 1.807) is 0 Å². The van der Waals surface area contributed by atoms with Gasteiger partial charge in [-0.1, -0.05) is 19.3 Å². The number of amides is 2. The topological polar surface area (TPSA) is 76.7 Å². The second-order valence-corrected chi connectivity index (χ2v) is 6.32. The highest BCUT2D eigenvalue weighted by atomic mass is 19.1. The third-order valence-corrected chi connectivity index (χ3v) is 4.29. The normalized spacial score (nSPS) is 14.8. The van der Waals surface area contributed by atoms with Crippen molar-refractivity contribution < 1.29 is 23.5 Å². The van der Waals surface area contributed by atoms with Gasteiger partial charge in [0, 0.05) is 18.2 Å². The number of hydrogen-bond donors (Lipinski definition) is 2. The van der Waals surface area contributed by atoms with E-state index < -0.39 is 5.82 Å². The fraction of sp³-hybridized carbons (Fsp3) is 0.579. The Hall–Kier alpha value is -1.99. The SMILES string of the molecule is CCOCCOCC(=O)Nc1ccc(F)c(NC(=O)C2CCCCC2)c1. The Bertz CT molecular complexity index is 603. The molecule has 0 aliphatic heterocycles. The van der Waals surface area contributed by atoms with Gasteiger partial charge in [-0.05, 0) is 38.0 Å². The lowest BCUT2D eigenvalue weighted by atomic mass is 9.88. The van der Waals surface area contributed by atoms with Gasteiger partial charge in [0.1, 0.15) is 12.4 Å². The van der Waals surface area contributed by atoms with Gasteiger partial charge in [0.2, 0.25) is 11.8 Å². The van der Waals surface area contributed by atoms with Crippen LogP contribution < -0.4 is 10.6 Å². The van der Waals surface area contributed by atoms with Crippen LogP contribution in [0, 0.1) is 11.7 Å². The highest BCUT2D eigenvalue weighted by molar-refractivity contribution is 5.95. The van der Waals surface area contributed by atoms with E-state index in [9.17, 15) is 14.0 Å². The average Bonchev–Trinajstić information content (AvgIpc) is 2.65. The molecule has 1 aromatic carbocycles. The van der Waals surface area contributed by atoms with Crippen LogP contribution in [0.2, 0.25) is 0 Å². The van der Waals surface area contributed by atoms with Crippen molar-refractivity contribution in [1.29, 1.82) is 0 Å². The van der Waals surface area contributed by atoms with Crippen LogP contribution in [0.1, 0.15) is 39.0 Å². The molecular formula is C19H27FN2O4. The Morgan fingerprint density at radius 3 is 2.58 bits per heavy atom. The predicted molar refractivity (Wildman–Crippen MR) is 97.5 cm³/mol. The van der Waals surface area contributed by atoms with Crippen LogP contribution in [0.3, 0.4) is 0 Å². The number of rotatable bonds is 9. The lowest BCUT2D eigenvalue weighted by Crippen LogP contribution is -2.25. The molecular weight excluding hydrogens is 339 g/mol. The summed E-state index contributed by atoms with van der Waals surface area (Å²) in [5.74, 6) is -1.11. The Labute approximate surface area is 153 Å². The van der Waals surface area contributed by atoms with Gasteiger partial charge in [0.05, 0.1) is 18.9 Å². The number of halogens is 1. The summed E-state index contributed by atoms with van der Waals surface area (Å²) in [6, 6.07) is 4.10. The minimum absolute atomic E-state index is 0.0693. The van der Waals surface area contributed by atoms with E-state index in [2.05, 4.69) is 10.6 Å². The fourth-order valence-electron chi connectivity index (χ4n) is 2.92. The Morgan fingerprint density at radius 2 is 1.85 bits per heavy atom. The van der Waals surface area contributed by atoms with Gasteiger partial charge in [-0.2, -0.15) is 0 Å². The van der Waals surface area contributed by atoms with Gasteiger partial charge in [-0.25, -0.2) is 4.39 Å². The maximum atomic E-state index is 14.0. The minimum atomic E-state index is -0.528. The highest BCUT2D eigenvalue weighted by Gasteiger charge is 2.22. The number of carbonyl (C=O) groups is 2. The second kappa shape index (κ2) is 10.9. The highest BCUT2D eigenvalue weighted by Crippen LogP contribution is 2.26. The first-order valence-electron chi connectivity index (χ1n) is 9.16. The van der Waals surface area contributed by atoms with Crippen molar-refractivity contribution in [3.05, 3.63) is 24.0 Å². The summed E-state index contributed by atoms with van der Waals surface area (Å²) in [6.45, 7) is 3.12. The van der Waals surface area contributed by atoms with Crippen LogP contribution in [0.5, 0.6) is 0 Å². The first-order valence-corrected chi connectivity index (χ1v) is 9.16. The van der Waals surface area contributed by atoms with Crippen molar-refractivity contribution in [3.8, 4) is 0 Å². The molecule has 0 radical (unpaired) electrons. The molecule has 0 bridgehead atoms. The summed E-state index contributed by atoms with van der Waals surface area (Å²) >= 11 is 0. The third kappa shape index (κ3) is 6.72. The molecule has 2 N–H and O–H groups in total. The van der Waals surface area contributed by atoms with Crippen molar-refractivity contribution in [1.82, 2.24) is 0 Å². The van der Waals surface area contributed by atoms with Crippen molar-refractivity contribution in [2.45, 2.75) is 39.0 Å². The van der Waals surface area contributed by atoms with Crippen LogP contribution in [0.15, 0.2) is 18.2 Å². The standard InChI is InChI=1S/C19H27FN2O4/c1-2-25-10-11-26-13-18(23)21-15-8-9-16(20)17(12-15)22-19(24)14-6-4-3-5-7-14/h8-9,12,14H,2-7,10-11,13H2,1H3,(H,21,23)(H,22,24). The molecule has 1 fully saturated rings. The number of hydrogen-bond acceptors (Lipinski definition) is 4. The Morgan fingerprint density at radius 1 is 1.12 bits per heavy atom. The summed E-state index contributed by atoms with van der Waals surface area (Å²) in [5, 5.41) is 5.28. The minimum Gasteiger partial charge on any atom is -0.379 e. The van der Waals surface area contributed by atoms with Crippen molar-refractivity contribution in [2.24, 2.45) is 5.92 Å². The van der Waals surface area contributed by atoms with Crippen LogP contribution in [0.25, 0.3) is 0 Å². The van der Waals surface area contributed by atoms with Gasteiger partial charge >= 0.3 is 0 Å². The maximum absolute atomic E-state index is 14.0. The molecule has 7 heteroatoms. The molecule has 0 saturated heterocycles. The Balaban J connectivity index is 1.85. The molecule has 1 saturated carbocycles. The van der Waals surface area contributed by atoms with Crippen molar-refractivity contribution in [3.63, 3.8) is 0 Å². The zero-order valence-corrected chi connectivity index (χ0v) is 15.2. The van der Waals surface area contributed by atoms with Crippen LogP contribution in [-0.2, 0) is 19.1 Å². The number of ether oxygens (including phenoxy) is 2. The molecule has 26 heavy (non-hydrogen) atoms. The first-order chi connectivity index (χ1) is 12.6. The number of anilines is 2. The molecule has 0 aromatic heterocycles. The molecule has 1 aliphatic carbocycles. The van der Waals surface area contributed by atoms with Gasteiger partial charge < -0.3 is 20.1 Å². The molecule has 6 nitrogen and oxygen atoms in total. The monoisotopic (exact) mass is 366 g/mol. The van der Waals surface area contributed by atoms with E-state index >= 15 is 0 Å². The summed E-state index contributed by atoms with van der Waals surface area (Å²) in [4.78, 5) is 24.1. The summed E-state index contributed by atoms with van der Waals surface area (Å²) in [7, 11) is 0. The number of carbonyl (C=O) groups excluding carboxylic acids is 2. The smallest absolute Gasteiger partial charge is 0.250 e. The van der Waals surface area contributed by atoms with E-state index in [0.717, 1.165) is 32.1 Å². The van der Waals surface area contributed by atoms with E-state index in [4.69, 9.17) is 9.47 Å². The average molecular weight is 366 g/mol. The summed E-state index contributed by atoms with van der Waals surface area (Å²) in [5.41, 5.74) is 0.486. The molecule has 2 rings (SSSR count). The molecule has 2 amide bonds. The first kappa shape index (κ1) is 20.3. The lowest BCUT2D eigenvalue weighted by Gasteiger charge is -2.21. The molecule has 0 spiro atoms. The number of benzene rings is 1. The van der Waals surface area contributed by atoms with Gasteiger partial charge in [-0.3, -0.25) is 9.59 Å². The van der Waals surface area contributed by atoms with E-state index in [1.165, 1.54) is 18.2 Å². The second-order valence-electron chi connectivity index (χ2n) is 6.32. The summed E-state index contributed by atoms with van der Waals surface area (Å²) < 4.78 is 24.3. The van der Waals surface area contributed by atoms with E-state index in [-0.39, 0.29) is 30.0 Å². The maximum Gasteiger partial charge on any atom is 0.250 e. The van der Waals surface area contributed by atoms with Gasteiger partial charge in [0.15, 0.2) is 0 Å². The molecule has 1 aliphatic rings. The predicted octanol–water partition coefficient (Wildman–Crippen LogP) is 3.34. The molecule has 0 atom stereocenters. The molecule has 0 heterocycles. The largest absolute Gasteiger partial charge is 0.379 e. The Kier molecular flexibility index (Phi) is 8.50. The third-order valence-electron chi connectivity index (χ3n) is 4.29. The quantitative estimate of drug-likeness (QED) is 0.657. The van der Waals surface area contributed by atoms with Crippen molar-refractivity contribution >= 4 is 23.2 Å².